The van der Waals surface area contributed by atoms with E-state index in [1.807, 2.05) is 20.8 Å². The summed E-state index contributed by atoms with van der Waals surface area (Å²) in [5.74, 6) is -0.458. The molecule has 1 aromatic carbocycles. The molecule has 2 N–H and O–H groups in total. The average Bonchev–Trinajstić information content (AvgIpc) is 2.20. The summed E-state index contributed by atoms with van der Waals surface area (Å²) in [4.78, 5) is 11.3. The molecule has 1 unspecified atom stereocenters. The number of carboxylic acids is 1. The Morgan fingerprint density at radius 3 is 2.59 bits per heavy atom. The van der Waals surface area contributed by atoms with Crippen molar-refractivity contribution in [2.75, 3.05) is 6.54 Å². The van der Waals surface area contributed by atoms with Crippen LogP contribution in [-0.2, 0) is 4.79 Å². The fourth-order valence-corrected chi connectivity index (χ4v) is 1.87. The minimum atomic E-state index is -0.865. The van der Waals surface area contributed by atoms with E-state index >= 15 is 0 Å². The summed E-state index contributed by atoms with van der Waals surface area (Å²) in [7, 11) is 0. The quantitative estimate of drug-likeness (QED) is 0.850. The molecule has 1 rings (SSSR count). The van der Waals surface area contributed by atoms with E-state index in [4.69, 9.17) is 11.6 Å². The van der Waals surface area contributed by atoms with Crippen molar-refractivity contribution >= 4 is 17.6 Å². The summed E-state index contributed by atoms with van der Waals surface area (Å²) >= 11 is 5.86. The van der Waals surface area contributed by atoms with Crippen LogP contribution in [0.25, 0.3) is 0 Å². The number of carbonyl (C=O) groups is 1. The summed E-state index contributed by atoms with van der Waals surface area (Å²) in [6.45, 7) is 6.62. The molecule has 0 aliphatic heterocycles. The summed E-state index contributed by atoms with van der Waals surface area (Å²) < 4.78 is 0. The Labute approximate surface area is 107 Å². The highest BCUT2D eigenvalue weighted by molar-refractivity contribution is 6.30. The summed E-state index contributed by atoms with van der Waals surface area (Å²) in [5, 5.41) is 12.9. The van der Waals surface area contributed by atoms with Crippen molar-refractivity contribution in [1.82, 2.24) is 5.32 Å². The summed E-state index contributed by atoms with van der Waals surface area (Å²) in [6, 6.07) is 4.60. The molecule has 0 saturated heterocycles. The third kappa shape index (κ3) is 4.02. The molecule has 0 saturated carbocycles. The van der Waals surface area contributed by atoms with Crippen LogP contribution in [0.3, 0.4) is 0 Å². The van der Waals surface area contributed by atoms with Crippen molar-refractivity contribution in [1.29, 1.82) is 0 Å². The molecule has 0 aliphatic carbocycles. The van der Waals surface area contributed by atoms with Crippen molar-refractivity contribution in [3.8, 4) is 0 Å². The predicted molar refractivity (Wildman–Crippen MR) is 69.4 cm³/mol. The van der Waals surface area contributed by atoms with E-state index in [-0.39, 0.29) is 0 Å². The summed E-state index contributed by atoms with van der Waals surface area (Å²) in [6.07, 6.45) is 0. The molecule has 94 valence electrons. The van der Waals surface area contributed by atoms with E-state index in [2.05, 4.69) is 5.32 Å². The number of nitrogens with one attached hydrogen (secondary N) is 1. The minimum Gasteiger partial charge on any atom is -0.480 e. The van der Waals surface area contributed by atoms with E-state index in [1.165, 1.54) is 0 Å². The monoisotopic (exact) mass is 255 g/mol. The Balaban J connectivity index is 2.93. The van der Waals surface area contributed by atoms with Gasteiger partial charge in [-0.2, -0.15) is 0 Å². The zero-order valence-electron chi connectivity index (χ0n) is 10.3. The van der Waals surface area contributed by atoms with E-state index in [9.17, 15) is 9.90 Å². The van der Waals surface area contributed by atoms with E-state index in [1.54, 1.807) is 18.2 Å². The molecule has 0 radical (unpaired) electrons. The topological polar surface area (TPSA) is 49.3 Å². The Morgan fingerprint density at radius 2 is 2.12 bits per heavy atom. The SMILES string of the molecule is Cc1cc(Cl)ccc1C(NCC(C)C)C(=O)O. The van der Waals surface area contributed by atoms with Gasteiger partial charge in [0.15, 0.2) is 0 Å². The second-order valence-electron chi connectivity index (χ2n) is 4.57. The van der Waals surface area contributed by atoms with Gasteiger partial charge < -0.3 is 10.4 Å². The van der Waals surface area contributed by atoms with Crippen LogP contribution in [0, 0.1) is 12.8 Å². The van der Waals surface area contributed by atoms with Gasteiger partial charge in [0.05, 0.1) is 0 Å². The number of rotatable bonds is 5. The van der Waals surface area contributed by atoms with Gasteiger partial charge in [0.25, 0.3) is 0 Å². The van der Waals surface area contributed by atoms with Crippen LogP contribution in [0.5, 0.6) is 0 Å². The predicted octanol–water partition coefficient (Wildman–Crippen LogP) is 3.02. The van der Waals surface area contributed by atoms with Crippen LogP contribution >= 0.6 is 11.6 Å². The highest BCUT2D eigenvalue weighted by Gasteiger charge is 2.21. The van der Waals surface area contributed by atoms with Crippen molar-refractivity contribution in [2.24, 2.45) is 5.92 Å². The lowest BCUT2D eigenvalue weighted by molar-refractivity contribution is -0.139. The van der Waals surface area contributed by atoms with Crippen LogP contribution in [0.1, 0.15) is 31.0 Å². The molecule has 1 atom stereocenters. The van der Waals surface area contributed by atoms with E-state index in [0.717, 1.165) is 11.1 Å². The first-order valence-electron chi connectivity index (χ1n) is 5.64. The minimum absolute atomic E-state index is 0.407. The number of aryl methyl sites for hydroxylation is 1. The maximum absolute atomic E-state index is 11.3. The lowest BCUT2D eigenvalue weighted by Gasteiger charge is -2.18. The first-order chi connectivity index (χ1) is 7.91. The van der Waals surface area contributed by atoms with Gasteiger partial charge >= 0.3 is 5.97 Å². The van der Waals surface area contributed by atoms with E-state index in [0.29, 0.717) is 17.5 Å². The maximum Gasteiger partial charge on any atom is 0.325 e. The molecular formula is C13H18ClNO2. The van der Waals surface area contributed by atoms with Crippen LogP contribution in [0.2, 0.25) is 5.02 Å². The second-order valence-corrected chi connectivity index (χ2v) is 5.01. The second kappa shape index (κ2) is 6.03. The lowest BCUT2D eigenvalue weighted by Crippen LogP contribution is -2.31. The standard InChI is InChI=1S/C13H18ClNO2/c1-8(2)7-15-12(13(16)17)11-5-4-10(14)6-9(11)3/h4-6,8,12,15H,7H2,1-3H3,(H,16,17). The van der Waals surface area contributed by atoms with Crippen molar-refractivity contribution < 1.29 is 9.90 Å². The third-order valence-corrected chi connectivity index (χ3v) is 2.76. The highest BCUT2D eigenvalue weighted by atomic mass is 35.5. The Morgan fingerprint density at radius 1 is 1.47 bits per heavy atom. The van der Waals surface area contributed by atoms with Crippen molar-refractivity contribution in [2.45, 2.75) is 26.8 Å². The fraction of sp³-hybridized carbons (Fsp3) is 0.462. The average molecular weight is 256 g/mol. The molecule has 0 bridgehead atoms. The molecule has 0 spiro atoms. The van der Waals surface area contributed by atoms with Gasteiger partial charge in [-0.05, 0) is 42.6 Å². The zero-order chi connectivity index (χ0) is 13.0. The molecule has 4 heteroatoms. The lowest BCUT2D eigenvalue weighted by atomic mass is 10.0. The first-order valence-corrected chi connectivity index (χ1v) is 6.02. The summed E-state index contributed by atoms with van der Waals surface area (Å²) in [5.41, 5.74) is 1.66. The van der Waals surface area contributed by atoms with Gasteiger partial charge in [0.2, 0.25) is 0 Å². The molecule has 0 heterocycles. The molecule has 1 aromatic rings. The number of hydrogen-bond donors (Lipinski definition) is 2. The van der Waals surface area contributed by atoms with Crippen LogP contribution in [-0.4, -0.2) is 17.6 Å². The first kappa shape index (κ1) is 14.0. The van der Waals surface area contributed by atoms with Crippen LogP contribution in [0.4, 0.5) is 0 Å². The molecule has 0 amide bonds. The molecule has 17 heavy (non-hydrogen) atoms. The number of carboxylic acid groups (broad SMARTS) is 1. The van der Waals surface area contributed by atoms with Gasteiger partial charge in [0, 0.05) is 5.02 Å². The van der Waals surface area contributed by atoms with Crippen LogP contribution in [0.15, 0.2) is 18.2 Å². The molecule has 0 fully saturated rings. The van der Waals surface area contributed by atoms with E-state index < -0.39 is 12.0 Å². The maximum atomic E-state index is 11.3. The van der Waals surface area contributed by atoms with Gasteiger partial charge in [0.1, 0.15) is 6.04 Å². The van der Waals surface area contributed by atoms with Crippen molar-refractivity contribution in [3.63, 3.8) is 0 Å². The normalized spacial score (nSPS) is 12.8. The van der Waals surface area contributed by atoms with Gasteiger partial charge in [-0.1, -0.05) is 31.5 Å². The molecular weight excluding hydrogens is 238 g/mol. The largest absolute Gasteiger partial charge is 0.480 e. The zero-order valence-corrected chi connectivity index (χ0v) is 11.1. The molecule has 0 aromatic heterocycles. The molecule has 3 nitrogen and oxygen atoms in total. The van der Waals surface area contributed by atoms with Crippen molar-refractivity contribution in [3.05, 3.63) is 34.3 Å². The third-order valence-electron chi connectivity index (χ3n) is 2.52. The number of hydrogen-bond acceptors (Lipinski definition) is 2. The number of halogens is 1. The van der Waals surface area contributed by atoms with Crippen LogP contribution < -0.4 is 5.32 Å². The molecule has 0 aliphatic rings. The fourth-order valence-electron chi connectivity index (χ4n) is 1.65. The van der Waals surface area contributed by atoms with Gasteiger partial charge in [-0.25, -0.2) is 0 Å². The highest BCUT2D eigenvalue weighted by Crippen LogP contribution is 2.21. The Bertz CT molecular complexity index is 404. The number of aliphatic carboxylic acids is 1. The van der Waals surface area contributed by atoms with Gasteiger partial charge in [-0.15, -0.1) is 0 Å². The Hall–Kier alpha value is -1.06. The Kier molecular flexibility index (Phi) is 4.97. The number of benzene rings is 1. The smallest absolute Gasteiger partial charge is 0.325 e. The van der Waals surface area contributed by atoms with Gasteiger partial charge in [-0.3, -0.25) is 4.79 Å².